The van der Waals surface area contributed by atoms with Crippen molar-refractivity contribution < 1.29 is 19.4 Å². The first-order valence-corrected chi connectivity index (χ1v) is 6.17. The molecule has 0 spiro atoms. The molecule has 0 fully saturated rings. The first-order valence-electron chi connectivity index (χ1n) is 5.80. The summed E-state index contributed by atoms with van der Waals surface area (Å²) in [4.78, 5) is 10.5. The fourth-order valence-electron chi connectivity index (χ4n) is 1.69. The quantitative estimate of drug-likeness (QED) is 0.828. The van der Waals surface area contributed by atoms with Crippen LogP contribution >= 0.6 is 11.6 Å². The Morgan fingerprint density at radius 2 is 2.17 bits per heavy atom. The van der Waals surface area contributed by atoms with Crippen LogP contribution in [0.1, 0.15) is 25.3 Å². The molecule has 0 aliphatic carbocycles. The van der Waals surface area contributed by atoms with Crippen molar-refractivity contribution >= 4 is 17.6 Å². The molecule has 1 rings (SSSR count). The normalized spacial score (nSPS) is 10.2. The monoisotopic (exact) mass is 272 g/mol. The number of carbonyl (C=O) groups is 1. The Morgan fingerprint density at radius 1 is 1.44 bits per heavy atom. The van der Waals surface area contributed by atoms with E-state index in [0.717, 1.165) is 5.56 Å². The molecule has 5 heteroatoms. The van der Waals surface area contributed by atoms with E-state index in [-0.39, 0.29) is 6.42 Å². The molecule has 0 amide bonds. The average molecular weight is 273 g/mol. The highest BCUT2D eigenvalue weighted by atomic mass is 35.5. The van der Waals surface area contributed by atoms with E-state index < -0.39 is 5.97 Å². The van der Waals surface area contributed by atoms with Crippen molar-refractivity contribution in [2.45, 2.75) is 26.2 Å². The minimum Gasteiger partial charge on any atom is -0.493 e. The fourth-order valence-corrected chi connectivity index (χ4v) is 1.94. The van der Waals surface area contributed by atoms with Gasteiger partial charge in [0.2, 0.25) is 0 Å². The molecule has 0 radical (unpaired) electrons. The van der Waals surface area contributed by atoms with Crippen LogP contribution in [0.5, 0.6) is 11.5 Å². The van der Waals surface area contributed by atoms with Crippen LogP contribution in [0.4, 0.5) is 0 Å². The molecule has 0 saturated heterocycles. The van der Waals surface area contributed by atoms with Gasteiger partial charge in [-0.25, -0.2) is 0 Å². The third-order valence-electron chi connectivity index (χ3n) is 2.49. The van der Waals surface area contributed by atoms with Crippen molar-refractivity contribution in [3.05, 3.63) is 22.7 Å². The van der Waals surface area contributed by atoms with Gasteiger partial charge < -0.3 is 14.6 Å². The summed E-state index contributed by atoms with van der Waals surface area (Å²) in [6, 6.07) is 3.48. The molecule has 0 aliphatic heterocycles. The molecule has 0 aromatic heterocycles. The lowest BCUT2D eigenvalue weighted by Gasteiger charge is -2.15. The predicted octanol–water partition coefficient (Wildman–Crippen LogP) is 3.15. The SMILES string of the molecule is CCOc1c(OC)ccc(Cl)c1CCCC(=O)O. The van der Waals surface area contributed by atoms with Crippen molar-refractivity contribution in [1.82, 2.24) is 0 Å². The number of ether oxygens (including phenoxy) is 2. The second-order valence-corrected chi connectivity index (χ2v) is 4.14. The summed E-state index contributed by atoms with van der Waals surface area (Å²) < 4.78 is 10.8. The molecule has 0 aliphatic rings. The highest BCUT2D eigenvalue weighted by Gasteiger charge is 2.14. The number of aliphatic carboxylic acids is 1. The number of carboxylic acid groups (broad SMARTS) is 1. The molecule has 0 unspecified atom stereocenters. The summed E-state index contributed by atoms with van der Waals surface area (Å²) >= 11 is 6.13. The van der Waals surface area contributed by atoms with Crippen molar-refractivity contribution in [2.24, 2.45) is 0 Å². The van der Waals surface area contributed by atoms with Gasteiger partial charge in [0.1, 0.15) is 0 Å². The molecule has 0 saturated carbocycles. The Labute approximate surface area is 111 Å². The molecule has 4 nitrogen and oxygen atoms in total. The predicted molar refractivity (Wildman–Crippen MR) is 69.7 cm³/mol. The largest absolute Gasteiger partial charge is 0.493 e. The summed E-state index contributed by atoms with van der Waals surface area (Å²) in [6.45, 7) is 2.38. The summed E-state index contributed by atoms with van der Waals surface area (Å²) in [5, 5.41) is 9.22. The smallest absolute Gasteiger partial charge is 0.303 e. The number of rotatable bonds is 7. The zero-order valence-corrected chi connectivity index (χ0v) is 11.3. The highest BCUT2D eigenvalue weighted by molar-refractivity contribution is 6.31. The minimum atomic E-state index is -0.813. The van der Waals surface area contributed by atoms with E-state index in [2.05, 4.69) is 0 Å². The van der Waals surface area contributed by atoms with Crippen LogP contribution < -0.4 is 9.47 Å². The Hall–Kier alpha value is -1.42. The van der Waals surface area contributed by atoms with Gasteiger partial charge in [0, 0.05) is 17.0 Å². The second-order valence-electron chi connectivity index (χ2n) is 3.74. The van der Waals surface area contributed by atoms with Crippen LogP contribution in [0, 0.1) is 0 Å². The van der Waals surface area contributed by atoms with E-state index in [4.69, 9.17) is 26.2 Å². The first kappa shape index (κ1) is 14.6. The standard InChI is InChI=1S/C13H17ClO4/c1-3-18-13-9(5-4-6-12(15)16)10(14)7-8-11(13)17-2/h7-8H,3-6H2,1-2H3,(H,15,16). The summed E-state index contributed by atoms with van der Waals surface area (Å²) in [5.74, 6) is 0.413. The van der Waals surface area contributed by atoms with E-state index in [1.165, 1.54) is 0 Å². The van der Waals surface area contributed by atoms with E-state index in [0.29, 0.717) is 36.0 Å². The number of hydrogen-bond acceptors (Lipinski definition) is 3. The van der Waals surface area contributed by atoms with Gasteiger partial charge in [-0.05, 0) is 31.9 Å². The van der Waals surface area contributed by atoms with Crippen LogP contribution in [-0.4, -0.2) is 24.8 Å². The molecular weight excluding hydrogens is 256 g/mol. The lowest BCUT2D eigenvalue weighted by atomic mass is 10.1. The second kappa shape index (κ2) is 7.11. The van der Waals surface area contributed by atoms with Crippen molar-refractivity contribution in [2.75, 3.05) is 13.7 Å². The first-order chi connectivity index (χ1) is 8.60. The van der Waals surface area contributed by atoms with Crippen LogP contribution in [-0.2, 0) is 11.2 Å². The van der Waals surface area contributed by atoms with E-state index in [9.17, 15) is 4.79 Å². The van der Waals surface area contributed by atoms with Gasteiger partial charge in [-0.2, -0.15) is 0 Å². The van der Waals surface area contributed by atoms with Gasteiger partial charge in [-0.3, -0.25) is 4.79 Å². The minimum absolute atomic E-state index is 0.110. The number of carboxylic acids is 1. The third kappa shape index (κ3) is 3.81. The van der Waals surface area contributed by atoms with Gasteiger partial charge in [0.25, 0.3) is 0 Å². The zero-order chi connectivity index (χ0) is 13.5. The Kier molecular flexibility index (Phi) is 5.78. The molecule has 1 aromatic rings. The van der Waals surface area contributed by atoms with Crippen LogP contribution in [0.3, 0.4) is 0 Å². The topological polar surface area (TPSA) is 55.8 Å². The summed E-state index contributed by atoms with van der Waals surface area (Å²) in [5.41, 5.74) is 0.805. The fraction of sp³-hybridized carbons (Fsp3) is 0.462. The summed E-state index contributed by atoms with van der Waals surface area (Å²) in [7, 11) is 1.56. The molecule has 0 bridgehead atoms. The number of halogens is 1. The molecule has 1 N–H and O–H groups in total. The number of benzene rings is 1. The number of methoxy groups -OCH3 is 1. The van der Waals surface area contributed by atoms with Crippen LogP contribution in [0.25, 0.3) is 0 Å². The molecular formula is C13H17ClO4. The number of hydrogen-bond donors (Lipinski definition) is 1. The molecule has 1 aromatic carbocycles. The highest BCUT2D eigenvalue weighted by Crippen LogP contribution is 2.37. The lowest BCUT2D eigenvalue weighted by Crippen LogP contribution is -2.02. The van der Waals surface area contributed by atoms with Gasteiger partial charge in [-0.15, -0.1) is 0 Å². The lowest BCUT2D eigenvalue weighted by molar-refractivity contribution is -0.137. The summed E-state index contributed by atoms with van der Waals surface area (Å²) in [6.07, 6.45) is 1.18. The zero-order valence-electron chi connectivity index (χ0n) is 10.5. The van der Waals surface area contributed by atoms with E-state index >= 15 is 0 Å². The van der Waals surface area contributed by atoms with E-state index in [1.54, 1.807) is 19.2 Å². The van der Waals surface area contributed by atoms with Crippen molar-refractivity contribution in [3.8, 4) is 11.5 Å². The van der Waals surface area contributed by atoms with Gasteiger partial charge >= 0.3 is 5.97 Å². The molecule has 0 atom stereocenters. The maximum atomic E-state index is 10.5. The van der Waals surface area contributed by atoms with Gasteiger partial charge in [0.05, 0.1) is 13.7 Å². The van der Waals surface area contributed by atoms with Crippen LogP contribution in [0.15, 0.2) is 12.1 Å². The van der Waals surface area contributed by atoms with E-state index in [1.807, 2.05) is 6.92 Å². The van der Waals surface area contributed by atoms with Crippen molar-refractivity contribution in [3.63, 3.8) is 0 Å². The third-order valence-corrected chi connectivity index (χ3v) is 2.85. The average Bonchev–Trinajstić information content (AvgIpc) is 2.33. The molecule has 100 valence electrons. The Balaban J connectivity index is 2.94. The maximum Gasteiger partial charge on any atom is 0.303 e. The maximum absolute atomic E-state index is 10.5. The Morgan fingerprint density at radius 3 is 2.72 bits per heavy atom. The molecule has 0 heterocycles. The Bertz CT molecular complexity index is 418. The van der Waals surface area contributed by atoms with Gasteiger partial charge in [0.15, 0.2) is 11.5 Å². The van der Waals surface area contributed by atoms with Crippen molar-refractivity contribution in [1.29, 1.82) is 0 Å². The van der Waals surface area contributed by atoms with Gasteiger partial charge in [-0.1, -0.05) is 11.6 Å². The van der Waals surface area contributed by atoms with Crippen LogP contribution in [0.2, 0.25) is 5.02 Å². The molecule has 18 heavy (non-hydrogen) atoms.